The van der Waals surface area contributed by atoms with Crippen molar-refractivity contribution in [1.29, 1.82) is 0 Å². The maximum Gasteiger partial charge on any atom is 0.124 e. The topological polar surface area (TPSA) is 29.9 Å². The van der Waals surface area contributed by atoms with Crippen molar-refractivity contribution >= 4 is 21.6 Å². The molecule has 90 valence electrons. The van der Waals surface area contributed by atoms with Crippen molar-refractivity contribution in [2.75, 3.05) is 5.32 Å². The van der Waals surface area contributed by atoms with Crippen LogP contribution in [0.15, 0.2) is 34.9 Å². The van der Waals surface area contributed by atoms with Crippen LogP contribution in [0.1, 0.15) is 12.6 Å². The van der Waals surface area contributed by atoms with Crippen LogP contribution >= 0.6 is 15.9 Å². The van der Waals surface area contributed by atoms with Gasteiger partial charge in [0.1, 0.15) is 5.82 Å². The third-order valence-electron chi connectivity index (χ3n) is 2.50. The highest BCUT2D eigenvalue weighted by Gasteiger charge is 2.03. The zero-order valence-corrected chi connectivity index (χ0v) is 11.0. The number of hydrogen-bond acceptors (Lipinski definition) is 2. The van der Waals surface area contributed by atoms with Gasteiger partial charge in [-0.2, -0.15) is 5.10 Å². The van der Waals surface area contributed by atoms with Crippen molar-refractivity contribution in [3.8, 4) is 0 Å². The van der Waals surface area contributed by atoms with E-state index in [9.17, 15) is 4.39 Å². The molecule has 0 saturated heterocycles. The molecule has 2 aromatic rings. The molecule has 0 aliphatic heterocycles. The smallest absolute Gasteiger partial charge is 0.124 e. The average Bonchev–Trinajstić information content (AvgIpc) is 2.75. The molecular formula is C12H13BrFN3. The minimum absolute atomic E-state index is 0.249. The van der Waals surface area contributed by atoms with Crippen LogP contribution in [0.4, 0.5) is 10.1 Å². The molecule has 0 unspecified atom stereocenters. The summed E-state index contributed by atoms with van der Waals surface area (Å²) in [6.45, 7) is 3.55. The van der Waals surface area contributed by atoms with E-state index in [-0.39, 0.29) is 5.82 Å². The molecule has 1 aromatic heterocycles. The largest absolute Gasteiger partial charge is 0.378 e. The van der Waals surface area contributed by atoms with Crippen molar-refractivity contribution in [3.63, 3.8) is 0 Å². The fourth-order valence-corrected chi connectivity index (χ4v) is 2.10. The number of benzene rings is 1. The Morgan fingerprint density at radius 1 is 1.41 bits per heavy atom. The number of anilines is 1. The molecule has 0 spiro atoms. The van der Waals surface area contributed by atoms with E-state index in [0.29, 0.717) is 6.54 Å². The van der Waals surface area contributed by atoms with Crippen LogP contribution in [0.3, 0.4) is 0 Å². The number of hydrogen-bond donors (Lipinski definition) is 1. The molecule has 0 atom stereocenters. The summed E-state index contributed by atoms with van der Waals surface area (Å²) in [5, 5.41) is 7.43. The lowest BCUT2D eigenvalue weighted by Crippen LogP contribution is -2.08. The number of halogens is 2. The number of rotatable bonds is 4. The second kappa shape index (κ2) is 5.31. The minimum Gasteiger partial charge on any atom is -0.378 e. The van der Waals surface area contributed by atoms with E-state index in [0.717, 1.165) is 22.4 Å². The third kappa shape index (κ3) is 2.85. The first-order valence-electron chi connectivity index (χ1n) is 5.40. The summed E-state index contributed by atoms with van der Waals surface area (Å²) in [5.74, 6) is -0.249. The van der Waals surface area contributed by atoms with Crippen LogP contribution in [0.25, 0.3) is 0 Å². The molecule has 3 nitrogen and oxygen atoms in total. The maximum atomic E-state index is 12.9. The summed E-state index contributed by atoms with van der Waals surface area (Å²) in [4.78, 5) is 0. The Labute approximate surface area is 108 Å². The number of nitrogens with zero attached hydrogens (tertiary/aromatic N) is 2. The zero-order chi connectivity index (χ0) is 12.3. The van der Waals surface area contributed by atoms with Crippen LogP contribution in [0.5, 0.6) is 0 Å². The van der Waals surface area contributed by atoms with Crippen LogP contribution in [0, 0.1) is 5.82 Å². The quantitative estimate of drug-likeness (QED) is 0.937. The summed E-state index contributed by atoms with van der Waals surface area (Å²) >= 11 is 3.32. The minimum atomic E-state index is -0.249. The lowest BCUT2D eigenvalue weighted by Gasteiger charge is -2.09. The zero-order valence-electron chi connectivity index (χ0n) is 9.45. The molecule has 1 aromatic carbocycles. The second-order valence-corrected chi connectivity index (χ2v) is 4.47. The Morgan fingerprint density at radius 3 is 2.94 bits per heavy atom. The van der Waals surface area contributed by atoms with E-state index >= 15 is 0 Å². The Hall–Kier alpha value is -1.36. The van der Waals surface area contributed by atoms with Gasteiger partial charge in [-0.3, -0.25) is 4.68 Å². The Bertz CT molecular complexity index is 510. The molecule has 0 saturated carbocycles. The summed E-state index contributed by atoms with van der Waals surface area (Å²) in [6.07, 6.45) is 1.78. The molecule has 1 heterocycles. The third-order valence-corrected chi connectivity index (χ3v) is 3.15. The van der Waals surface area contributed by atoms with Gasteiger partial charge in [0.2, 0.25) is 0 Å². The number of aromatic nitrogens is 2. The van der Waals surface area contributed by atoms with E-state index in [4.69, 9.17) is 0 Å². The lowest BCUT2D eigenvalue weighted by atomic mass is 10.3. The van der Waals surface area contributed by atoms with Crippen LogP contribution < -0.4 is 5.32 Å². The van der Waals surface area contributed by atoms with Gasteiger partial charge in [0.15, 0.2) is 0 Å². The molecule has 0 aliphatic rings. The van der Waals surface area contributed by atoms with Crippen molar-refractivity contribution in [1.82, 2.24) is 9.78 Å². The van der Waals surface area contributed by atoms with Gasteiger partial charge in [0, 0.05) is 22.9 Å². The van der Waals surface area contributed by atoms with Gasteiger partial charge >= 0.3 is 0 Å². The van der Waals surface area contributed by atoms with Crippen molar-refractivity contribution in [2.24, 2.45) is 0 Å². The fourth-order valence-electron chi connectivity index (χ4n) is 1.61. The van der Waals surface area contributed by atoms with E-state index in [1.807, 2.05) is 17.7 Å². The van der Waals surface area contributed by atoms with Crippen molar-refractivity contribution < 1.29 is 4.39 Å². The molecule has 0 aliphatic carbocycles. The standard InChI is InChI=1S/C12H13BrFN3/c1-2-17-10(5-6-16-17)8-15-12-4-3-9(14)7-11(12)13/h3-7,15H,2,8H2,1H3. The van der Waals surface area contributed by atoms with E-state index in [1.165, 1.54) is 12.1 Å². The molecule has 17 heavy (non-hydrogen) atoms. The van der Waals surface area contributed by atoms with Gasteiger partial charge < -0.3 is 5.32 Å². The van der Waals surface area contributed by atoms with Crippen molar-refractivity contribution in [2.45, 2.75) is 20.0 Å². The average molecular weight is 298 g/mol. The molecule has 0 amide bonds. The van der Waals surface area contributed by atoms with Crippen LogP contribution in [-0.4, -0.2) is 9.78 Å². The van der Waals surface area contributed by atoms with Gasteiger partial charge in [-0.25, -0.2) is 4.39 Å². The lowest BCUT2D eigenvalue weighted by molar-refractivity contribution is 0.625. The SMILES string of the molecule is CCn1nccc1CNc1ccc(F)cc1Br. The predicted octanol–water partition coefficient (Wildman–Crippen LogP) is 3.42. The normalized spacial score (nSPS) is 10.5. The highest BCUT2D eigenvalue weighted by atomic mass is 79.9. The summed E-state index contributed by atoms with van der Waals surface area (Å²) in [6, 6.07) is 6.56. The Morgan fingerprint density at radius 2 is 2.24 bits per heavy atom. The van der Waals surface area contributed by atoms with E-state index in [1.54, 1.807) is 12.3 Å². The predicted molar refractivity (Wildman–Crippen MR) is 69.3 cm³/mol. The number of aryl methyl sites for hydroxylation is 1. The second-order valence-electron chi connectivity index (χ2n) is 3.62. The van der Waals surface area contributed by atoms with E-state index < -0.39 is 0 Å². The molecule has 5 heteroatoms. The number of nitrogens with one attached hydrogen (secondary N) is 1. The maximum absolute atomic E-state index is 12.9. The monoisotopic (exact) mass is 297 g/mol. The first kappa shape index (κ1) is 12.1. The molecule has 0 radical (unpaired) electrons. The van der Waals surface area contributed by atoms with Gasteiger partial charge in [-0.15, -0.1) is 0 Å². The van der Waals surface area contributed by atoms with Gasteiger partial charge in [-0.05, 0) is 47.1 Å². The molecule has 1 N–H and O–H groups in total. The first-order valence-corrected chi connectivity index (χ1v) is 6.19. The molecule has 2 rings (SSSR count). The Balaban J connectivity index is 2.07. The van der Waals surface area contributed by atoms with Gasteiger partial charge in [0.25, 0.3) is 0 Å². The Kier molecular flexibility index (Phi) is 3.78. The van der Waals surface area contributed by atoms with Gasteiger partial charge in [-0.1, -0.05) is 0 Å². The summed E-state index contributed by atoms with van der Waals surface area (Å²) in [5.41, 5.74) is 1.97. The van der Waals surface area contributed by atoms with Gasteiger partial charge in [0.05, 0.1) is 12.2 Å². The van der Waals surface area contributed by atoms with Crippen LogP contribution in [-0.2, 0) is 13.1 Å². The fraction of sp³-hybridized carbons (Fsp3) is 0.250. The van der Waals surface area contributed by atoms with Crippen LogP contribution in [0.2, 0.25) is 0 Å². The summed E-state index contributed by atoms with van der Waals surface area (Å²) in [7, 11) is 0. The highest BCUT2D eigenvalue weighted by molar-refractivity contribution is 9.10. The molecule has 0 fully saturated rings. The molecule has 0 bridgehead atoms. The van der Waals surface area contributed by atoms with E-state index in [2.05, 4.69) is 26.3 Å². The highest BCUT2D eigenvalue weighted by Crippen LogP contribution is 2.23. The first-order chi connectivity index (χ1) is 8.20. The van der Waals surface area contributed by atoms with Crippen molar-refractivity contribution in [3.05, 3.63) is 46.4 Å². The molecular weight excluding hydrogens is 285 g/mol. The summed E-state index contributed by atoms with van der Waals surface area (Å²) < 4.78 is 15.6.